The average molecular weight is 210 g/mol. The second-order valence-corrected chi connectivity index (χ2v) is 3.71. The van der Waals surface area contributed by atoms with Gasteiger partial charge in [-0.2, -0.15) is 0 Å². The molecule has 0 bridgehead atoms. The quantitative estimate of drug-likeness (QED) is 0.802. The number of likely N-dealkylation sites (N-methyl/N-ethyl adjacent to an activating group) is 2. The summed E-state index contributed by atoms with van der Waals surface area (Å²) >= 11 is 0. The Labute approximate surface area is 91.1 Å². The summed E-state index contributed by atoms with van der Waals surface area (Å²) in [5.74, 6) is -0.182. The fourth-order valence-corrected chi connectivity index (χ4v) is 1.70. The molecular formula is C12H19FN2. The van der Waals surface area contributed by atoms with Gasteiger partial charge in [-0.25, -0.2) is 4.39 Å². The first-order valence-electron chi connectivity index (χ1n) is 5.32. The lowest BCUT2D eigenvalue weighted by Crippen LogP contribution is -2.38. The fourth-order valence-electron chi connectivity index (χ4n) is 1.70. The molecule has 84 valence electrons. The SMILES string of the molecule is CCC(CNC)N(C)c1cccc(F)c1. The Bertz CT molecular complexity index is 301. The van der Waals surface area contributed by atoms with Gasteiger partial charge in [0, 0.05) is 25.3 Å². The van der Waals surface area contributed by atoms with Crippen LogP contribution in [0.4, 0.5) is 10.1 Å². The summed E-state index contributed by atoms with van der Waals surface area (Å²) in [6.45, 7) is 3.04. The Hall–Kier alpha value is -1.09. The highest BCUT2D eigenvalue weighted by molar-refractivity contribution is 5.46. The third-order valence-corrected chi connectivity index (χ3v) is 2.67. The standard InChI is InChI=1S/C12H19FN2/c1-4-11(9-14-2)15(3)12-7-5-6-10(13)8-12/h5-8,11,14H,4,9H2,1-3H3. The fraction of sp³-hybridized carbons (Fsp3) is 0.500. The third-order valence-electron chi connectivity index (χ3n) is 2.67. The first-order chi connectivity index (χ1) is 7.19. The number of rotatable bonds is 5. The highest BCUT2D eigenvalue weighted by Gasteiger charge is 2.12. The zero-order valence-electron chi connectivity index (χ0n) is 9.63. The first-order valence-corrected chi connectivity index (χ1v) is 5.32. The topological polar surface area (TPSA) is 15.3 Å². The molecule has 15 heavy (non-hydrogen) atoms. The highest BCUT2D eigenvalue weighted by Crippen LogP contribution is 2.17. The van der Waals surface area contributed by atoms with Gasteiger partial charge < -0.3 is 10.2 Å². The van der Waals surface area contributed by atoms with Crippen molar-refractivity contribution in [2.45, 2.75) is 19.4 Å². The molecule has 0 fully saturated rings. The van der Waals surface area contributed by atoms with E-state index in [1.54, 1.807) is 12.1 Å². The van der Waals surface area contributed by atoms with Gasteiger partial charge in [0.1, 0.15) is 5.82 Å². The van der Waals surface area contributed by atoms with Crippen molar-refractivity contribution in [2.24, 2.45) is 0 Å². The van der Waals surface area contributed by atoms with Gasteiger partial charge in [0.05, 0.1) is 0 Å². The molecule has 1 N–H and O–H groups in total. The van der Waals surface area contributed by atoms with Gasteiger partial charge in [-0.15, -0.1) is 0 Å². The molecule has 0 amide bonds. The van der Waals surface area contributed by atoms with Crippen molar-refractivity contribution in [3.05, 3.63) is 30.1 Å². The van der Waals surface area contributed by atoms with E-state index in [-0.39, 0.29) is 5.82 Å². The van der Waals surface area contributed by atoms with E-state index in [0.29, 0.717) is 6.04 Å². The smallest absolute Gasteiger partial charge is 0.125 e. The summed E-state index contributed by atoms with van der Waals surface area (Å²) in [4.78, 5) is 2.11. The van der Waals surface area contributed by atoms with Crippen LogP contribution in [0.2, 0.25) is 0 Å². The van der Waals surface area contributed by atoms with Crippen LogP contribution >= 0.6 is 0 Å². The lowest BCUT2D eigenvalue weighted by Gasteiger charge is -2.29. The molecule has 0 aromatic heterocycles. The van der Waals surface area contributed by atoms with E-state index >= 15 is 0 Å². The van der Waals surface area contributed by atoms with Crippen molar-refractivity contribution in [3.63, 3.8) is 0 Å². The summed E-state index contributed by atoms with van der Waals surface area (Å²) in [7, 11) is 3.93. The van der Waals surface area contributed by atoms with Gasteiger partial charge in [-0.1, -0.05) is 13.0 Å². The Morgan fingerprint density at radius 1 is 1.47 bits per heavy atom. The van der Waals surface area contributed by atoms with Crippen molar-refractivity contribution in [3.8, 4) is 0 Å². The van der Waals surface area contributed by atoms with Gasteiger partial charge >= 0.3 is 0 Å². The Kier molecular flexibility index (Phi) is 4.56. The molecule has 1 aromatic carbocycles. The van der Waals surface area contributed by atoms with Crippen LogP contribution in [0.25, 0.3) is 0 Å². The Morgan fingerprint density at radius 3 is 2.73 bits per heavy atom. The molecule has 2 nitrogen and oxygen atoms in total. The van der Waals surface area contributed by atoms with E-state index in [4.69, 9.17) is 0 Å². The molecule has 0 spiro atoms. The number of halogens is 1. The van der Waals surface area contributed by atoms with Crippen LogP contribution < -0.4 is 10.2 Å². The summed E-state index contributed by atoms with van der Waals surface area (Å²) in [5, 5.41) is 3.15. The van der Waals surface area contributed by atoms with E-state index in [2.05, 4.69) is 17.1 Å². The van der Waals surface area contributed by atoms with E-state index in [1.165, 1.54) is 6.07 Å². The van der Waals surface area contributed by atoms with Crippen LogP contribution in [0, 0.1) is 5.82 Å². The molecular weight excluding hydrogens is 191 g/mol. The molecule has 0 aliphatic heterocycles. The zero-order chi connectivity index (χ0) is 11.3. The molecule has 1 aromatic rings. The van der Waals surface area contributed by atoms with E-state index in [0.717, 1.165) is 18.7 Å². The number of nitrogens with zero attached hydrogens (tertiary/aromatic N) is 1. The highest BCUT2D eigenvalue weighted by atomic mass is 19.1. The second kappa shape index (κ2) is 5.71. The number of anilines is 1. The maximum atomic E-state index is 13.0. The Morgan fingerprint density at radius 2 is 2.20 bits per heavy atom. The molecule has 0 heterocycles. The monoisotopic (exact) mass is 210 g/mol. The first kappa shape index (κ1) is 12.0. The maximum Gasteiger partial charge on any atom is 0.125 e. The Balaban J connectivity index is 2.77. The van der Waals surface area contributed by atoms with Crippen LogP contribution in [-0.4, -0.2) is 26.7 Å². The van der Waals surface area contributed by atoms with Gasteiger partial charge in [0.15, 0.2) is 0 Å². The van der Waals surface area contributed by atoms with Gasteiger partial charge in [-0.3, -0.25) is 0 Å². The molecule has 1 rings (SSSR count). The molecule has 0 aliphatic rings. The predicted molar refractivity (Wildman–Crippen MR) is 62.8 cm³/mol. The van der Waals surface area contributed by atoms with Gasteiger partial charge in [0.2, 0.25) is 0 Å². The number of nitrogens with one attached hydrogen (secondary N) is 1. The maximum absolute atomic E-state index is 13.0. The molecule has 1 unspecified atom stereocenters. The van der Waals surface area contributed by atoms with Crippen molar-refractivity contribution < 1.29 is 4.39 Å². The number of benzene rings is 1. The largest absolute Gasteiger partial charge is 0.370 e. The summed E-state index contributed by atoms with van der Waals surface area (Å²) < 4.78 is 13.0. The van der Waals surface area contributed by atoms with Gasteiger partial charge in [-0.05, 0) is 31.7 Å². The minimum atomic E-state index is -0.182. The molecule has 1 atom stereocenters. The van der Waals surface area contributed by atoms with Crippen LogP contribution in [0.5, 0.6) is 0 Å². The van der Waals surface area contributed by atoms with Crippen molar-refractivity contribution in [2.75, 3.05) is 25.5 Å². The normalized spacial score (nSPS) is 12.5. The predicted octanol–water partition coefficient (Wildman–Crippen LogP) is 2.26. The van der Waals surface area contributed by atoms with E-state index < -0.39 is 0 Å². The number of hydrogen-bond donors (Lipinski definition) is 1. The van der Waals surface area contributed by atoms with Crippen LogP contribution in [0.1, 0.15) is 13.3 Å². The summed E-state index contributed by atoms with van der Waals surface area (Å²) in [6.07, 6.45) is 1.04. The molecule has 3 heteroatoms. The molecule has 0 aliphatic carbocycles. The van der Waals surface area contributed by atoms with Crippen LogP contribution in [0.3, 0.4) is 0 Å². The lowest BCUT2D eigenvalue weighted by atomic mass is 10.1. The van der Waals surface area contributed by atoms with Crippen molar-refractivity contribution in [1.29, 1.82) is 0 Å². The van der Waals surface area contributed by atoms with Crippen LogP contribution in [-0.2, 0) is 0 Å². The molecule has 0 radical (unpaired) electrons. The minimum Gasteiger partial charge on any atom is -0.370 e. The van der Waals surface area contributed by atoms with E-state index in [1.807, 2.05) is 20.2 Å². The van der Waals surface area contributed by atoms with E-state index in [9.17, 15) is 4.39 Å². The van der Waals surface area contributed by atoms with Crippen molar-refractivity contribution >= 4 is 5.69 Å². The van der Waals surface area contributed by atoms with Crippen molar-refractivity contribution in [1.82, 2.24) is 5.32 Å². The van der Waals surface area contributed by atoms with Crippen LogP contribution in [0.15, 0.2) is 24.3 Å². The summed E-state index contributed by atoms with van der Waals surface area (Å²) in [5.41, 5.74) is 0.928. The third kappa shape index (κ3) is 3.20. The summed E-state index contributed by atoms with van der Waals surface area (Å²) in [6, 6.07) is 7.11. The zero-order valence-corrected chi connectivity index (χ0v) is 9.63. The lowest BCUT2D eigenvalue weighted by molar-refractivity contribution is 0.569. The van der Waals surface area contributed by atoms with Gasteiger partial charge in [0.25, 0.3) is 0 Å². The molecule has 0 saturated heterocycles. The molecule has 0 saturated carbocycles. The average Bonchev–Trinajstić information content (AvgIpc) is 2.25. The second-order valence-electron chi connectivity index (χ2n) is 3.71. The minimum absolute atomic E-state index is 0.182. The number of hydrogen-bond acceptors (Lipinski definition) is 2.